The number of hydrogen-bond acceptors (Lipinski definition) is 7. The Bertz CT molecular complexity index is 942. The Morgan fingerprint density at radius 3 is 2.27 bits per heavy atom. The van der Waals surface area contributed by atoms with Crippen molar-refractivity contribution >= 4 is 17.6 Å². The van der Waals surface area contributed by atoms with Crippen molar-refractivity contribution in [3.8, 4) is 11.5 Å². The van der Waals surface area contributed by atoms with Crippen LogP contribution in [-0.4, -0.2) is 48.0 Å². The van der Waals surface area contributed by atoms with Crippen molar-refractivity contribution in [2.75, 3.05) is 26.3 Å². The molecule has 0 saturated carbocycles. The Hall–Kier alpha value is -3.62. The van der Waals surface area contributed by atoms with Gasteiger partial charge in [0.25, 0.3) is 11.6 Å². The molecule has 1 aliphatic heterocycles. The van der Waals surface area contributed by atoms with E-state index in [4.69, 9.17) is 14.2 Å². The molecule has 9 nitrogen and oxygen atoms in total. The van der Waals surface area contributed by atoms with Crippen LogP contribution in [0.2, 0.25) is 0 Å². The monoisotopic (exact) mass is 414 g/mol. The van der Waals surface area contributed by atoms with Crippen molar-refractivity contribution < 1.29 is 28.7 Å². The van der Waals surface area contributed by atoms with E-state index in [0.717, 1.165) is 6.07 Å². The van der Waals surface area contributed by atoms with Crippen molar-refractivity contribution in [3.05, 3.63) is 63.7 Å². The number of nitro benzene ring substituents is 1. The number of fused-ring (bicyclic) bond motifs is 1. The summed E-state index contributed by atoms with van der Waals surface area (Å²) in [6, 6.07) is 10.9. The lowest BCUT2D eigenvalue weighted by molar-refractivity contribution is -0.385. The fraction of sp³-hybridized carbons (Fsp3) is 0.333. The Morgan fingerprint density at radius 2 is 1.70 bits per heavy atom. The van der Waals surface area contributed by atoms with Gasteiger partial charge in [-0.2, -0.15) is 0 Å². The largest absolute Gasteiger partial charge is 0.486 e. The van der Waals surface area contributed by atoms with Gasteiger partial charge < -0.3 is 19.1 Å². The summed E-state index contributed by atoms with van der Waals surface area (Å²) >= 11 is 0. The van der Waals surface area contributed by atoms with Crippen molar-refractivity contribution in [1.82, 2.24) is 4.90 Å². The Balaban J connectivity index is 1.98. The van der Waals surface area contributed by atoms with Crippen LogP contribution in [0.1, 0.15) is 35.9 Å². The molecule has 0 saturated heterocycles. The molecule has 1 aliphatic rings. The van der Waals surface area contributed by atoms with Gasteiger partial charge in [0.2, 0.25) is 6.10 Å². The lowest BCUT2D eigenvalue weighted by Crippen LogP contribution is -2.36. The number of carbonyl (C=O) groups is 2. The van der Waals surface area contributed by atoms with Gasteiger partial charge in [-0.05, 0) is 13.8 Å². The maximum absolute atomic E-state index is 13.0. The Kier molecular flexibility index (Phi) is 6.51. The SMILES string of the molecule is CCN(CC)C(=O)[C@@H](OC(=O)c1cc2c(cc1[N+](=O)[O-])OCCO2)c1ccccc1. The summed E-state index contributed by atoms with van der Waals surface area (Å²) in [4.78, 5) is 38.3. The van der Waals surface area contributed by atoms with E-state index >= 15 is 0 Å². The first-order chi connectivity index (χ1) is 14.5. The molecule has 0 unspecified atom stereocenters. The zero-order valence-corrected chi connectivity index (χ0v) is 16.7. The van der Waals surface area contributed by atoms with E-state index in [0.29, 0.717) is 18.7 Å². The molecule has 0 radical (unpaired) electrons. The first-order valence-corrected chi connectivity index (χ1v) is 9.59. The predicted molar refractivity (Wildman–Crippen MR) is 107 cm³/mol. The molecule has 0 spiro atoms. The van der Waals surface area contributed by atoms with Gasteiger partial charge in [-0.1, -0.05) is 30.3 Å². The van der Waals surface area contributed by atoms with E-state index in [2.05, 4.69) is 0 Å². The molecule has 2 aromatic carbocycles. The third-order valence-electron chi connectivity index (χ3n) is 4.70. The maximum Gasteiger partial charge on any atom is 0.346 e. The second kappa shape index (κ2) is 9.25. The number of amides is 1. The minimum Gasteiger partial charge on any atom is -0.486 e. The zero-order chi connectivity index (χ0) is 21.7. The van der Waals surface area contributed by atoms with Crippen LogP contribution in [0.3, 0.4) is 0 Å². The van der Waals surface area contributed by atoms with Gasteiger partial charge >= 0.3 is 5.97 Å². The summed E-state index contributed by atoms with van der Waals surface area (Å²) in [5, 5.41) is 11.5. The molecule has 3 rings (SSSR count). The highest BCUT2D eigenvalue weighted by molar-refractivity contribution is 5.97. The standard InChI is InChI=1S/C21H22N2O7/c1-3-22(4-2)20(24)19(14-8-6-5-7-9-14)30-21(25)15-12-17-18(29-11-10-28-17)13-16(15)23(26)27/h5-9,12-13,19H,3-4,10-11H2,1-2H3/t19-/m0/s1. The van der Waals surface area contributed by atoms with Crippen LogP contribution >= 0.6 is 0 Å². The molecule has 1 amide bonds. The van der Waals surface area contributed by atoms with Crippen molar-refractivity contribution in [2.24, 2.45) is 0 Å². The number of carbonyl (C=O) groups excluding carboxylic acids is 2. The molecule has 0 bridgehead atoms. The van der Waals surface area contributed by atoms with Crippen molar-refractivity contribution in [2.45, 2.75) is 20.0 Å². The zero-order valence-electron chi connectivity index (χ0n) is 16.7. The normalized spacial score (nSPS) is 13.3. The predicted octanol–water partition coefficient (Wildman–Crippen LogP) is 3.13. The number of rotatable bonds is 7. The van der Waals surface area contributed by atoms with E-state index in [1.54, 1.807) is 30.3 Å². The number of esters is 1. The third-order valence-corrected chi connectivity index (χ3v) is 4.70. The van der Waals surface area contributed by atoms with E-state index in [1.807, 2.05) is 13.8 Å². The first kappa shape index (κ1) is 21.1. The summed E-state index contributed by atoms with van der Waals surface area (Å²) in [6.07, 6.45) is -1.23. The molecule has 0 fully saturated rings. The van der Waals surface area contributed by atoms with Crippen LogP contribution in [0.15, 0.2) is 42.5 Å². The van der Waals surface area contributed by atoms with E-state index in [1.165, 1.54) is 11.0 Å². The van der Waals surface area contributed by atoms with Gasteiger partial charge in [0.1, 0.15) is 18.8 Å². The third kappa shape index (κ3) is 4.35. The number of nitro groups is 1. The highest BCUT2D eigenvalue weighted by Gasteiger charge is 2.33. The average molecular weight is 414 g/mol. The highest BCUT2D eigenvalue weighted by Crippen LogP contribution is 2.37. The van der Waals surface area contributed by atoms with E-state index in [9.17, 15) is 19.7 Å². The molecule has 1 heterocycles. The molecular formula is C21H22N2O7. The lowest BCUT2D eigenvalue weighted by Gasteiger charge is -2.25. The maximum atomic E-state index is 13.0. The van der Waals surface area contributed by atoms with Crippen molar-refractivity contribution in [1.29, 1.82) is 0 Å². The number of benzene rings is 2. The summed E-state index contributed by atoms with van der Waals surface area (Å²) in [5.74, 6) is -0.999. The van der Waals surface area contributed by atoms with Crippen LogP contribution in [-0.2, 0) is 9.53 Å². The molecule has 0 aromatic heterocycles. The van der Waals surface area contributed by atoms with E-state index < -0.39 is 28.6 Å². The molecule has 30 heavy (non-hydrogen) atoms. The van der Waals surface area contributed by atoms with Gasteiger partial charge in [-0.25, -0.2) is 4.79 Å². The molecule has 158 valence electrons. The molecule has 9 heteroatoms. The Labute approximate surface area is 173 Å². The highest BCUT2D eigenvalue weighted by atomic mass is 16.6. The van der Waals surface area contributed by atoms with Crippen LogP contribution in [0.25, 0.3) is 0 Å². The van der Waals surface area contributed by atoms with Gasteiger partial charge in [0.05, 0.1) is 11.0 Å². The second-order valence-electron chi connectivity index (χ2n) is 6.48. The number of nitrogens with zero attached hydrogens (tertiary/aromatic N) is 2. The summed E-state index contributed by atoms with van der Waals surface area (Å²) < 4.78 is 16.3. The molecule has 0 aliphatic carbocycles. The number of hydrogen-bond donors (Lipinski definition) is 0. The second-order valence-corrected chi connectivity index (χ2v) is 6.48. The summed E-state index contributed by atoms with van der Waals surface area (Å²) in [5.41, 5.74) is -0.313. The smallest absolute Gasteiger partial charge is 0.346 e. The van der Waals surface area contributed by atoms with Gasteiger partial charge in [0, 0.05) is 24.7 Å². The molecule has 1 atom stereocenters. The van der Waals surface area contributed by atoms with Crippen LogP contribution < -0.4 is 9.47 Å². The number of likely N-dealkylation sites (N-methyl/N-ethyl adjacent to an activating group) is 1. The summed E-state index contributed by atoms with van der Waals surface area (Å²) in [6.45, 7) is 5.00. The minimum absolute atomic E-state index is 0.184. The van der Waals surface area contributed by atoms with Gasteiger partial charge in [-0.15, -0.1) is 0 Å². The fourth-order valence-corrected chi connectivity index (χ4v) is 3.15. The number of ether oxygens (including phenoxy) is 3. The van der Waals surface area contributed by atoms with Gasteiger partial charge in [0.15, 0.2) is 11.5 Å². The lowest BCUT2D eigenvalue weighted by atomic mass is 10.1. The van der Waals surface area contributed by atoms with Crippen LogP contribution in [0.5, 0.6) is 11.5 Å². The topological polar surface area (TPSA) is 108 Å². The first-order valence-electron chi connectivity index (χ1n) is 9.59. The van der Waals surface area contributed by atoms with Crippen LogP contribution in [0.4, 0.5) is 5.69 Å². The molecular weight excluding hydrogens is 392 g/mol. The fourth-order valence-electron chi connectivity index (χ4n) is 3.15. The Morgan fingerprint density at radius 1 is 1.10 bits per heavy atom. The van der Waals surface area contributed by atoms with Gasteiger partial charge in [-0.3, -0.25) is 14.9 Å². The van der Waals surface area contributed by atoms with E-state index in [-0.39, 0.29) is 30.3 Å². The average Bonchev–Trinajstić information content (AvgIpc) is 2.77. The molecule has 2 aromatic rings. The quantitative estimate of drug-likeness (QED) is 0.389. The van der Waals surface area contributed by atoms with Crippen LogP contribution in [0, 0.1) is 10.1 Å². The molecule has 0 N–H and O–H groups in total. The summed E-state index contributed by atoms with van der Waals surface area (Å²) in [7, 11) is 0. The van der Waals surface area contributed by atoms with Crippen molar-refractivity contribution in [3.63, 3.8) is 0 Å². The minimum atomic E-state index is -1.23.